The van der Waals surface area contributed by atoms with E-state index in [9.17, 15) is 13.2 Å². The molecular weight excluding hydrogens is 440 g/mol. The van der Waals surface area contributed by atoms with Gasteiger partial charge in [0, 0.05) is 47.7 Å². The van der Waals surface area contributed by atoms with Crippen molar-refractivity contribution in [3.8, 4) is 0 Å². The number of carbonyl (C=O) groups excluding carboxylic acids is 1. The van der Waals surface area contributed by atoms with Crippen LogP contribution >= 0.6 is 0 Å². The zero-order chi connectivity index (χ0) is 23.2. The van der Waals surface area contributed by atoms with Gasteiger partial charge in [0.1, 0.15) is 23.4 Å². The smallest absolute Gasteiger partial charge is 0.272 e. The lowest BCUT2D eigenvalue weighted by atomic mass is 9.98. The highest BCUT2D eigenvalue weighted by Crippen LogP contribution is 2.37. The number of rotatable bonds is 6. The Morgan fingerprint density at radius 2 is 1.94 bits per heavy atom. The molecule has 5 rings (SSSR count). The van der Waals surface area contributed by atoms with Gasteiger partial charge in [0.05, 0.1) is 5.71 Å². The van der Waals surface area contributed by atoms with Gasteiger partial charge in [-0.25, -0.2) is 8.42 Å². The summed E-state index contributed by atoms with van der Waals surface area (Å²) in [6.07, 6.45) is 7.63. The van der Waals surface area contributed by atoms with Gasteiger partial charge >= 0.3 is 0 Å². The first kappa shape index (κ1) is 21.6. The van der Waals surface area contributed by atoms with Crippen LogP contribution in [0.25, 0.3) is 11.0 Å². The number of piperidine rings is 1. The highest BCUT2D eigenvalue weighted by molar-refractivity contribution is 7.90. The number of furan rings is 1. The zero-order valence-electron chi connectivity index (χ0n) is 18.4. The molecule has 2 aliphatic rings. The maximum Gasteiger partial charge on any atom is 0.272 e. The van der Waals surface area contributed by atoms with Crippen molar-refractivity contribution >= 4 is 38.1 Å². The minimum absolute atomic E-state index is 0.137. The maximum absolute atomic E-state index is 13.2. The summed E-state index contributed by atoms with van der Waals surface area (Å²) in [5.41, 5.74) is 2.40. The summed E-state index contributed by atoms with van der Waals surface area (Å²) in [5, 5.41) is 12.5. The van der Waals surface area contributed by atoms with E-state index in [-0.39, 0.29) is 23.2 Å². The average molecular weight is 467 g/mol. The van der Waals surface area contributed by atoms with E-state index in [1.54, 1.807) is 6.07 Å². The number of hydrogen-bond donors (Lipinski definition) is 2. The largest absolute Gasteiger partial charge is 0.464 e. The van der Waals surface area contributed by atoms with Crippen molar-refractivity contribution < 1.29 is 17.6 Å². The first-order valence-corrected chi connectivity index (χ1v) is 13.1. The highest BCUT2D eigenvalue weighted by Gasteiger charge is 2.35. The molecule has 2 bridgehead atoms. The van der Waals surface area contributed by atoms with Crippen molar-refractivity contribution in [2.45, 2.75) is 19.3 Å². The van der Waals surface area contributed by atoms with Crippen LogP contribution < -0.4 is 5.32 Å². The van der Waals surface area contributed by atoms with Crippen molar-refractivity contribution in [1.29, 1.82) is 5.41 Å². The fourth-order valence-corrected chi connectivity index (χ4v) is 5.40. The van der Waals surface area contributed by atoms with Crippen LogP contribution in [0.4, 0.5) is 5.69 Å². The van der Waals surface area contributed by atoms with Crippen LogP contribution in [0.3, 0.4) is 0 Å². The normalized spacial score (nSPS) is 20.2. The lowest BCUT2D eigenvalue weighted by Crippen LogP contribution is -2.41. The number of pyridine rings is 1. The SMILES string of the molecule is CS(=O)(=O)CNc1cc(C(=O)N2CC3CCC(C3)C2)ncc1C(=N)c1coc2ccccc12. The number of aromatic nitrogens is 1. The van der Waals surface area contributed by atoms with E-state index in [1.807, 2.05) is 29.2 Å². The fourth-order valence-electron chi connectivity index (χ4n) is 4.98. The molecule has 2 unspecified atom stereocenters. The molecule has 0 radical (unpaired) electrons. The summed E-state index contributed by atoms with van der Waals surface area (Å²) in [5.74, 6) is 0.640. The highest BCUT2D eigenvalue weighted by atomic mass is 32.2. The van der Waals surface area contributed by atoms with E-state index >= 15 is 0 Å². The number of fused-ring (bicyclic) bond motifs is 3. The minimum atomic E-state index is -3.33. The molecule has 3 aromatic rings. The number of nitrogens with one attached hydrogen (secondary N) is 2. The molecule has 2 atom stereocenters. The van der Waals surface area contributed by atoms with Gasteiger partial charge in [-0.3, -0.25) is 15.2 Å². The van der Waals surface area contributed by atoms with E-state index < -0.39 is 9.84 Å². The molecule has 2 fully saturated rings. The molecule has 0 spiro atoms. The molecule has 1 saturated heterocycles. The molecule has 2 aromatic heterocycles. The third-order valence-electron chi connectivity index (χ3n) is 6.56. The second-order valence-electron chi connectivity index (χ2n) is 9.14. The Balaban J connectivity index is 1.49. The Kier molecular flexibility index (Phi) is 5.44. The Morgan fingerprint density at radius 3 is 2.67 bits per heavy atom. The number of nitrogens with zero attached hydrogens (tertiary/aromatic N) is 2. The van der Waals surface area contributed by atoms with Gasteiger partial charge in [-0.15, -0.1) is 0 Å². The second-order valence-corrected chi connectivity index (χ2v) is 11.3. The lowest BCUT2D eigenvalue weighted by Gasteiger charge is -2.31. The van der Waals surface area contributed by atoms with Crippen LogP contribution in [0, 0.1) is 17.2 Å². The number of hydrogen-bond acceptors (Lipinski definition) is 7. The molecule has 8 nitrogen and oxygen atoms in total. The van der Waals surface area contributed by atoms with Gasteiger partial charge in [-0.05, 0) is 43.2 Å². The molecule has 3 heterocycles. The summed E-state index contributed by atoms with van der Waals surface area (Å²) in [4.78, 5) is 19.5. The number of benzene rings is 1. The average Bonchev–Trinajstić information content (AvgIpc) is 3.38. The van der Waals surface area contributed by atoms with Gasteiger partial charge < -0.3 is 14.6 Å². The summed E-state index contributed by atoms with van der Waals surface area (Å²) in [7, 11) is -3.33. The molecule has 1 aliphatic heterocycles. The third kappa shape index (κ3) is 4.37. The molecule has 1 amide bonds. The van der Waals surface area contributed by atoms with E-state index in [4.69, 9.17) is 9.83 Å². The number of anilines is 1. The molecule has 33 heavy (non-hydrogen) atoms. The Hall–Kier alpha value is -3.20. The molecule has 1 aliphatic carbocycles. The topological polar surface area (TPSA) is 116 Å². The van der Waals surface area contributed by atoms with E-state index in [0.717, 1.165) is 37.6 Å². The number of likely N-dealkylation sites (tertiary alicyclic amines) is 1. The molecule has 1 saturated carbocycles. The zero-order valence-corrected chi connectivity index (χ0v) is 19.2. The van der Waals surface area contributed by atoms with Crippen LogP contribution in [0.5, 0.6) is 0 Å². The second kappa shape index (κ2) is 8.30. The summed E-state index contributed by atoms with van der Waals surface area (Å²) < 4.78 is 29.2. The predicted molar refractivity (Wildman–Crippen MR) is 126 cm³/mol. The quantitative estimate of drug-likeness (QED) is 0.537. The van der Waals surface area contributed by atoms with Crippen molar-refractivity contribution in [2.75, 3.05) is 30.5 Å². The standard InChI is InChI=1S/C24H26N4O4S/c1-33(30,31)14-27-20-9-21(24(29)28-11-15-6-7-16(8-15)12-28)26-10-18(20)23(25)19-13-32-22-5-3-2-4-17(19)22/h2-5,9-10,13,15-16,25H,6-8,11-12,14H2,1H3,(H,26,27). The Labute approximate surface area is 192 Å². The van der Waals surface area contributed by atoms with E-state index in [2.05, 4.69) is 10.3 Å². The van der Waals surface area contributed by atoms with Crippen LogP contribution in [-0.4, -0.2) is 55.1 Å². The molecule has 172 valence electrons. The van der Waals surface area contributed by atoms with Crippen LogP contribution in [0.1, 0.15) is 40.9 Å². The molecular formula is C24H26N4O4S. The number of carbonyl (C=O) groups is 1. The van der Waals surface area contributed by atoms with E-state index in [1.165, 1.54) is 18.9 Å². The lowest BCUT2D eigenvalue weighted by molar-refractivity contribution is 0.0656. The van der Waals surface area contributed by atoms with Crippen molar-refractivity contribution in [1.82, 2.24) is 9.88 Å². The van der Waals surface area contributed by atoms with Gasteiger partial charge in [-0.1, -0.05) is 18.2 Å². The number of sulfone groups is 1. The number of para-hydroxylation sites is 1. The minimum Gasteiger partial charge on any atom is -0.464 e. The first-order valence-electron chi connectivity index (χ1n) is 11.0. The van der Waals surface area contributed by atoms with Gasteiger partial charge in [0.15, 0.2) is 9.84 Å². The van der Waals surface area contributed by atoms with Crippen LogP contribution in [0.2, 0.25) is 0 Å². The van der Waals surface area contributed by atoms with Gasteiger partial charge in [0.25, 0.3) is 5.91 Å². The Bertz CT molecular complexity index is 1340. The summed E-state index contributed by atoms with van der Waals surface area (Å²) >= 11 is 0. The van der Waals surface area contributed by atoms with E-state index in [0.29, 0.717) is 34.2 Å². The molecule has 9 heteroatoms. The molecule has 2 N–H and O–H groups in total. The first-order chi connectivity index (χ1) is 15.8. The van der Waals surface area contributed by atoms with Crippen LogP contribution in [0.15, 0.2) is 47.2 Å². The summed E-state index contributed by atoms with van der Waals surface area (Å²) in [6, 6.07) is 8.97. The summed E-state index contributed by atoms with van der Waals surface area (Å²) in [6.45, 7) is 1.48. The van der Waals surface area contributed by atoms with Gasteiger partial charge in [0.2, 0.25) is 0 Å². The predicted octanol–water partition coefficient (Wildman–Crippen LogP) is 3.53. The van der Waals surface area contributed by atoms with Crippen molar-refractivity contribution in [3.05, 3.63) is 59.6 Å². The monoisotopic (exact) mass is 466 g/mol. The molecule has 1 aromatic carbocycles. The van der Waals surface area contributed by atoms with Crippen LogP contribution in [-0.2, 0) is 9.84 Å². The Morgan fingerprint density at radius 1 is 1.21 bits per heavy atom. The van der Waals surface area contributed by atoms with Gasteiger partial charge in [-0.2, -0.15) is 0 Å². The number of amides is 1. The maximum atomic E-state index is 13.2. The van der Waals surface area contributed by atoms with Crippen molar-refractivity contribution in [2.24, 2.45) is 11.8 Å². The fraction of sp³-hybridized carbons (Fsp3) is 0.375. The third-order valence-corrected chi connectivity index (χ3v) is 7.23. The van der Waals surface area contributed by atoms with Crippen molar-refractivity contribution in [3.63, 3.8) is 0 Å².